The molecule has 0 aliphatic carbocycles. The van der Waals surface area contributed by atoms with Crippen molar-refractivity contribution >= 4 is 0 Å². The average Bonchev–Trinajstić information content (AvgIpc) is 2.38. The first-order valence-electron chi connectivity index (χ1n) is 6.94. The summed E-state index contributed by atoms with van der Waals surface area (Å²) in [6.45, 7) is 6.89. The van der Waals surface area contributed by atoms with Gasteiger partial charge in [-0.2, -0.15) is 0 Å². The van der Waals surface area contributed by atoms with Crippen molar-refractivity contribution < 1.29 is 0 Å². The summed E-state index contributed by atoms with van der Waals surface area (Å²) in [5, 5.41) is 0. The van der Waals surface area contributed by atoms with Gasteiger partial charge in [0.1, 0.15) is 0 Å². The summed E-state index contributed by atoms with van der Waals surface area (Å²) in [5.41, 5.74) is 1.46. The van der Waals surface area contributed by atoms with E-state index in [4.69, 9.17) is 0 Å². The molecule has 0 aliphatic heterocycles. The van der Waals surface area contributed by atoms with Crippen LogP contribution in [0.5, 0.6) is 0 Å². The van der Waals surface area contributed by atoms with Gasteiger partial charge in [0.15, 0.2) is 0 Å². The third-order valence-electron chi connectivity index (χ3n) is 3.54. The molecule has 17 heavy (non-hydrogen) atoms. The van der Waals surface area contributed by atoms with Gasteiger partial charge in [-0.1, -0.05) is 69.7 Å². The van der Waals surface area contributed by atoms with Gasteiger partial charge in [-0.05, 0) is 36.7 Å². The lowest BCUT2D eigenvalue weighted by atomic mass is 9.96. The summed E-state index contributed by atoms with van der Waals surface area (Å²) in [7, 11) is 0. The number of hydrogen-bond donors (Lipinski definition) is 0. The Labute approximate surface area is 107 Å². The van der Waals surface area contributed by atoms with Gasteiger partial charge in [0.25, 0.3) is 0 Å². The molecular weight excluding hydrogens is 204 g/mol. The molecule has 0 spiro atoms. The van der Waals surface area contributed by atoms with Crippen LogP contribution in [0.4, 0.5) is 0 Å². The van der Waals surface area contributed by atoms with Crippen molar-refractivity contribution in [3.8, 4) is 0 Å². The Kier molecular flexibility index (Phi) is 6.69. The maximum absolute atomic E-state index is 2.35. The topological polar surface area (TPSA) is 0 Å². The van der Waals surface area contributed by atoms with Crippen molar-refractivity contribution in [2.75, 3.05) is 0 Å². The van der Waals surface area contributed by atoms with E-state index in [9.17, 15) is 0 Å². The van der Waals surface area contributed by atoms with Crippen LogP contribution in [0.15, 0.2) is 42.5 Å². The number of hydrogen-bond acceptors (Lipinski definition) is 0. The van der Waals surface area contributed by atoms with Crippen LogP contribution in [0.3, 0.4) is 0 Å². The zero-order valence-electron chi connectivity index (χ0n) is 11.5. The van der Waals surface area contributed by atoms with Crippen LogP contribution in [-0.2, 0) is 0 Å². The van der Waals surface area contributed by atoms with Crippen LogP contribution in [0, 0.1) is 5.92 Å². The molecule has 1 aromatic rings. The molecule has 0 nitrogen and oxygen atoms in total. The van der Waals surface area contributed by atoms with E-state index in [0.29, 0.717) is 5.92 Å². The Morgan fingerprint density at radius 3 is 2.41 bits per heavy atom. The summed E-state index contributed by atoms with van der Waals surface area (Å²) in [5.74, 6) is 1.50. The largest absolute Gasteiger partial charge is 0.0885 e. The molecule has 0 fully saturated rings. The van der Waals surface area contributed by atoms with Crippen molar-refractivity contribution in [3.63, 3.8) is 0 Å². The van der Waals surface area contributed by atoms with Gasteiger partial charge < -0.3 is 0 Å². The van der Waals surface area contributed by atoms with Crippen molar-refractivity contribution in [1.82, 2.24) is 0 Å². The zero-order chi connectivity index (χ0) is 12.5. The van der Waals surface area contributed by atoms with Crippen molar-refractivity contribution in [2.24, 2.45) is 5.92 Å². The highest BCUT2D eigenvalue weighted by Gasteiger charge is 2.02. The third-order valence-corrected chi connectivity index (χ3v) is 3.54. The first-order valence-corrected chi connectivity index (χ1v) is 6.94. The molecule has 2 unspecified atom stereocenters. The quantitative estimate of drug-likeness (QED) is 0.538. The molecule has 0 bridgehead atoms. The fourth-order valence-electron chi connectivity index (χ4n) is 1.91. The van der Waals surface area contributed by atoms with E-state index in [1.54, 1.807) is 0 Å². The van der Waals surface area contributed by atoms with Gasteiger partial charge in [0.2, 0.25) is 0 Å². The highest BCUT2D eigenvalue weighted by molar-refractivity contribution is 5.18. The second-order valence-electron chi connectivity index (χ2n) is 5.11. The number of benzene rings is 1. The van der Waals surface area contributed by atoms with E-state index in [0.717, 1.165) is 5.92 Å². The second-order valence-corrected chi connectivity index (χ2v) is 5.11. The monoisotopic (exact) mass is 230 g/mol. The molecule has 0 aliphatic rings. The van der Waals surface area contributed by atoms with Gasteiger partial charge in [-0.3, -0.25) is 0 Å². The fraction of sp³-hybridized carbons (Fsp3) is 0.529. The van der Waals surface area contributed by atoms with E-state index in [-0.39, 0.29) is 0 Å². The van der Waals surface area contributed by atoms with Gasteiger partial charge in [-0.25, -0.2) is 0 Å². The van der Waals surface area contributed by atoms with Gasteiger partial charge in [-0.15, -0.1) is 0 Å². The lowest BCUT2D eigenvalue weighted by Gasteiger charge is -2.10. The first kappa shape index (κ1) is 14.0. The first-order chi connectivity index (χ1) is 8.24. The molecule has 0 N–H and O–H groups in total. The van der Waals surface area contributed by atoms with Gasteiger partial charge in [0, 0.05) is 0 Å². The standard InChI is InChI=1S/C17H26/c1-4-15(2)11-7-5-8-12-16(3)17-13-9-6-10-14-17/h5-7,9-10,13-16H,4,8,11-12H2,1-3H3/b7-5+. The Morgan fingerprint density at radius 2 is 1.76 bits per heavy atom. The van der Waals surface area contributed by atoms with E-state index in [1.807, 2.05) is 0 Å². The summed E-state index contributed by atoms with van der Waals surface area (Å²) in [6.07, 6.45) is 9.67. The zero-order valence-corrected chi connectivity index (χ0v) is 11.5. The summed E-state index contributed by atoms with van der Waals surface area (Å²) >= 11 is 0. The predicted molar refractivity (Wildman–Crippen MR) is 77.3 cm³/mol. The smallest absolute Gasteiger partial charge is 0.0187 e. The lowest BCUT2D eigenvalue weighted by molar-refractivity contribution is 0.570. The van der Waals surface area contributed by atoms with Gasteiger partial charge in [0.05, 0.1) is 0 Å². The van der Waals surface area contributed by atoms with Gasteiger partial charge >= 0.3 is 0 Å². The molecule has 1 aromatic carbocycles. The summed E-state index contributed by atoms with van der Waals surface area (Å²) < 4.78 is 0. The molecule has 0 heteroatoms. The average molecular weight is 230 g/mol. The molecule has 2 atom stereocenters. The third kappa shape index (κ3) is 5.72. The Hall–Kier alpha value is -1.04. The van der Waals surface area contributed by atoms with E-state index in [2.05, 4.69) is 63.3 Å². The maximum Gasteiger partial charge on any atom is -0.0187 e. The fourth-order valence-corrected chi connectivity index (χ4v) is 1.91. The molecule has 0 saturated heterocycles. The van der Waals surface area contributed by atoms with Crippen LogP contribution < -0.4 is 0 Å². The lowest BCUT2D eigenvalue weighted by Crippen LogP contribution is -1.92. The number of allylic oxidation sites excluding steroid dienone is 2. The molecule has 94 valence electrons. The molecular formula is C17H26. The SMILES string of the molecule is CCC(C)C/C=C/CCC(C)c1ccccc1. The molecule has 1 rings (SSSR count). The highest BCUT2D eigenvalue weighted by atomic mass is 14.1. The van der Waals surface area contributed by atoms with Crippen LogP contribution in [-0.4, -0.2) is 0 Å². The molecule has 0 aromatic heterocycles. The maximum atomic E-state index is 2.35. The molecule has 0 radical (unpaired) electrons. The summed E-state index contributed by atoms with van der Waals surface area (Å²) in [4.78, 5) is 0. The Bertz CT molecular complexity index is 310. The number of rotatable bonds is 7. The minimum atomic E-state index is 0.671. The second kappa shape index (κ2) is 8.11. The minimum absolute atomic E-state index is 0.671. The predicted octanol–water partition coefficient (Wildman–Crippen LogP) is 5.56. The molecule has 0 heterocycles. The molecule has 0 saturated carbocycles. The minimum Gasteiger partial charge on any atom is -0.0885 e. The Balaban J connectivity index is 2.23. The highest BCUT2D eigenvalue weighted by Crippen LogP contribution is 2.20. The van der Waals surface area contributed by atoms with Crippen molar-refractivity contribution in [3.05, 3.63) is 48.0 Å². The Morgan fingerprint density at radius 1 is 1.06 bits per heavy atom. The van der Waals surface area contributed by atoms with Crippen LogP contribution in [0.1, 0.15) is 57.9 Å². The van der Waals surface area contributed by atoms with E-state index in [1.165, 1.54) is 31.2 Å². The van der Waals surface area contributed by atoms with Crippen LogP contribution in [0.2, 0.25) is 0 Å². The van der Waals surface area contributed by atoms with Crippen molar-refractivity contribution in [2.45, 2.75) is 52.4 Å². The molecule has 0 amide bonds. The van der Waals surface area contributed by atoms with Crippen molar-refractivity contribution in [1.29, 1.82) is 0 Å². The van der Waals surface area contributed by atoms with Crippen LogP contribution in [0.25, 0.3) is 0 Å². The van der Waals surface area contributed by atoms with Crippen LogP contribution >= 0.6 is 0 Å². The van der Waals surface area contributed by atoms with E-state index < -0.39 is 0 Å². The summed E-state index contributed by atoms with van der Waals surface area (Å²) in [6, 6.07) is 10.8. The van der Waals surface area contributed by atoms with E-state index >= 15 is 0 Å². The normalized spacial score (nSPS) is 15.0.